The normalized spacial score (nSPS) is 30.2. The second kappa shape index (κ2) is 15.2. The minimum Gasteiger partial charge on any atom is -0.508 e. The van der Waals surface area contributed by atoms with Gasteiger partial charge >= 0.3 is 5.97 Å². The number of carbonyl (C=O) groups is 1. The Morgan fingerprint density at radius 1 is 0.788 bits per heavy atom. The molecule has 10 N–H and O–H groups in total. The van der Waals surface area contributed by atoms with Gasteiger partial charge in [-0.25, -0.2) is 4.79 Å². The molecular formula is C35H36O17. The Morgan fingerprint density at radius 3 is 2.27 bits per heavy atom. The standard InChI is InChI=1S/C35H36O17/c36-17-5-1-15(2-6-17)3-8-27(42)47-14-26-29(44)30(45)33(52-34-31(46)28(43)23(41)13-48-34)35(51-26)50-25-12-19-21(39)10-18(37)11-24(19)49-32(25)16-4-7-20(38)22(40)9-16/h1-12,23,26,28-41,43-46H,13-14H2/b8-3+/t23-,26-,28+,29+,30+,31-,32?,33-,34+,35-/m1/s1. The molecule has 0 aliphatic carbocycles. The monoisotopic (exact) mass is 728 g/mol. The van der Waals surface area contributed by atoms with Crippen LogP contribution in [0.25, 0.3) is 12.2 Å². The van der Waals surface area contributed by atoms with Gasteiger partial charge in [0.2, 0.25) is 6.29 Å². The van der Waals surface area contributed by atoms with Crippen molar-refractivity contribution in [1.82, 2.24) is 0 Å². The van der Waals surface area contributed by atoms with Gasteiger partial charge in [-0.05, 0) is 42.0 Å². The molecule has 0 radical (unpaired) electrons. The Kier molecular flexibility index (Phi) is 10.7. The van der Waals surface area contributed by atoms with E-state index in [1.165, 1.54) is 42.5 Å². The molecule has 0 amide bonds. The minimum absolute atomic E-state index is 0.00773. The van der Waals surface area contributed by atoms with Gasteiger partial charge in [-0.3, -0.25) is 0 Å². The van der Waals surface area contributed by atoms with Crippen LogP contribution in [0.1, 0.15) is 22.8 Å². The van der Waals surface area contributed by atoms with E-state index in [0.717, 1.165) is 18.2 Å². The van der Waals surface area contributed by atoms with Crippen molar-refractivity contribution in [2.75, 3.05) is 13.2 Å². The lowest BCUT2D eigenvalue weighted by molar-refractivity contribution is -0.352. The molecule has 3 heterocycles. The lowest BCUT2D eigenvalue weighted by Crippen LogP contribution is -2.63. The average Bonchev–Trinajstić information content (AvgIpc) is 3.11. The molecule has 0 spiro atoms. The molecular weight excluding hydrogens is 692 g/mol. The Hall–Kier alpha value is -5.11. The van der Waals surface area contributed by atoms with E-state index in [1.807, 2.05) is 0 Å². The fraction of sp³-hybridized carbons (Fsp3) is 0.343. The van der Waals surface area contributed by atoms with Crippen LogP contribution in [0.15, 0.2) is 66.4 Å². The van der Waals surface area contributed by atoms with Gasteiger partial charge in [-0.15, -0.1) is 0 Å². The third kappa shape index (κ3) is 7.86. The van der Waals surface area contributed by atoms with Gasteiger partial charge < -0.3 is 79.5 Å². The van der Waals surface area contributed by atoms with Crippen molar-refractivity contribution in [3.63, 3.8) is 0 Å². The summed E-state index contributed by atoms with van der Waals surface area (Å²) in [6, 6.07) is 11.9. The Labute approximate surface area is 294 Å². The van der Waals surface area contributed by atoms with Gasteiger partial charge in [0.05, 0.1) is 12.2 Å². The zero-order valence-electron chi connectivity index (χ0n) is 26.9. The molecule has 3 aliphatic rings. The van der Waals surface area contributed by atoms with Crippen LogP contribution in [0.5, 0.6) is 34.5 Å². The predicted molar refractivity (Wildman–Crippen MR) is 173 cm³/mol. The largest absolute Gasteiger partial charge is 0.508 e. The Bertz CT molecular complexity index is 1810. The summed E-state index contributed by atoms with van der Waals surface area (Å²) in [6.07, 6.45) is -12.8. The SMILES string of the molecule is O=C(/C=C/c1ccc(O)cc1)OC[C@H]1O[C@@H](OC2=Cc3c(O)cc(O)cc3OC2c2ccc(O)c(O)c2)[C@H](O[C@@H]2OC[C@@H](O)[C@H](O)[C@H]2O)[C@@H](O)[C@H]1O. The fourth-order valence-electron chi connectivity index (χ4n) is 5.71. The lowest BCUT2D eigenvalue weighted by Gasteiger charge is -2.45. The molecule has 17 heteroatoms. The highest BCUT2D eigenvalue weighted by atomic mass is 16.8. The van der Waals surface area contributed by atoms with Crippen LogP contribution in [0.4, 0.5) is 0 Å². The minimum atomic E-state index is -1.89. The smallest absolute Gasteiger partial charge is 0.330 e. The summed E-state index contributed by atoms with van der Waals surface area (Å²) in [7, 11) is 0. The molecule has 2 saturated heterocycles. The van der Waals surface area contributed by atoms with E-state index in [2.05, 4.69) is 0 Å². The maximum atomic E-state index is 12.5. The number of hydrogen-bond acceptors (Lipinski definition) is 17. The molecule has 6 rings (SSSR count). The number of benzene rings is 3. The molecule has 0 aromatic heterocycles. The summed E-state index contributed by atoms with van der Waals surface area (Å²) < 4.78 is 34.6. The summed E-state index contributed by atoms with van der Waals surface area (Å²) >= 11 is 0. The van der Waals surface area contributed by atoms with E-state index in [1.54, 1.807) is 12.1 Å². The summed E-state index contributed by atoms with van der Waals surface area (Å²) in [5, 5.41) is 103. The van der Waals surface area contributed by atoms with Crippen LogP contribution in [-0.4, -0.2) is 126 Å². The topological polar surface area (TPSA) is 275 Å². The van der Waals surface area contributed by atoms with Gasteiger partial charge in [0.25, 0.3) is 0 Å². The van der Waals surface area contributed by atoms with Crippen molar-refractivity contribution in [1.29, 1.82) is 0 Å². The summed E-state index contributed by atoms with van der Waals surface area (Å²) in [4.78, 5) is 12.5. The van der Waals surface area contributed by atoms with Gasteiger partial charge in [-0.1, -0.05) is 18.2 Å². The molecule has 0 saturated carbocycles. The molecule has 10 atom stereocenters. The summed E-state index contributed by atoms with van der Waals surface area (Å²) in [5.74, 6) is -2.72. The number of ether oxygens (including phenoxy) is 6. The van der Waals surface area contributed by atoms with E-state index in [-0.39, 0.29) is 34.1 Å². The van der Waals surface area contributed by atoms with Crippen LogP contribution in [0, 0.1) is 0 Å². The van der Waals surface area contributed by atoms with E-state index < -0.39 is 97.8 Å². The van der Waals surface area contributed by atoms with Crippen molar-refractivity contribution in [2.45, 2.75) is 61.4 Å². The van der Waals surface area contributed by atoms with Gasteiger partial charge in [0.1, 0.15) is 72.0 Å². The molecule has 3 aliphatic heterocycles. The second-order valence-corrected chi connectivity index (χ2v) is 12.2. The number of phenolic OH excluding ortho intramolecular Hbond substituents is 5. The molecule has 1 unspecified atom stereocenters. The summed E-state index contributed by atoms with van der Waals surface area (Å²) in [6.45, 7) is -1.09. The molecule has 278 valence electrons. The molecule has 3 aromatic carbocycles. The highest BCUT2D eigenvalue weighted by Crippen LogP contribution is 2.45. The van der Waals surface area contributed by atoms with Gasteiger partial charge in [0, 0.05) is 23.8 Å². The van der Waals surface area contributed by atoms with Crippen LogP contribution in [-0.2, 0) is 28.5 Å². The highest BCUT2D eigenvalue weighted by molar-refractivity contribution is 5.87. The van der Waals surface area contributed by atoms with Gasteiger partial charge in [0.15, 0.2) is 30.0 Å². The van der Waals surface area contributed by atoms with Crippen molar-refractivity contribution in [3.05, 3.63) is 83.1 Å². The third-order valence-corrected chi connectivity index (χ3v) is 8.53. The maximum Gasteiger partial charge on any atom is 0.330 e. The zero-order valence-corrected chi connectivity index (χ0v) is 26.9. The molecule has 17 nitrogen and oxygen atoms in total. The Morgan fingerprint density at radius 2 is 1.54 bits per heavy atom. The maximum absolute atomic E-state index is 12.5. The van der Waals surface area contributed by atoms with E-state index in [9.17, 15) is 55.9 Å². The first-order chi connectivity index (χ1) is 24.8. The van der Waals surface area contributed by atoms with Crippen LogP contribution in [0.3, 0.4) is 0 Å². The number of hydrogen-bond donors (Lipinski definition) is 10. The van der Waals surface area contributed by atoms with Crippen LogP contribution >= 0.6 is 0 Å². The van der Waals surface area contributed by atoms with Crippen molar-refractivity contribution in [3.8, 4) is 34.5 Å². The molecule has 0 bridgehead atoms. The first-order valence-electron chi connectivity index (χ1n) is 15.9. The van der Waals surface area contributed by atoms with Crippen LogP contribution < -0.4 is 4.74 Å². The third-order valence-electron chi connectivity index (χ3n) is 8.53. The van der Waals surface area contributed by atoms with Gasteiger partial charge in [-0.2, -0.15) is 0 Å². The van der Waals surface area contributed by atoms with E-state index >= 15 is 0 Å². The van der Waals surface area contributed by atoms with Crippen LogP contribution in [0.2, 0.25) is 0 Å². The molecule has 3 aromatic rings. The predicted octanol–water partition coefficient (Wildman–Crippen LogP) is 0.233. The number of aromatic hydroxyl groups is 5. The number of fused-ring (bicyclic) bond motifs is 1. The zero-order chi connectivity index (χ0) is 37.3. The Balaban J connectivity index is 1.30. The average molecular weight is 729 g/mol. The highest BCUT2D eigenvalue weighted by Gasteiger charge is 2.51. The number of aliphatic hydroxyl groups is 5. The molecule has 2 fully saturated rings. The van der Waals surface area contributed by atoms with E-state index in [0.29, 0.717) is 5.56 Å². The number of rotatable bonds is 9. The lowest BCUT2D eigenvalue weighted by atomic mass is 9.97. The fourth-order valence-corrected chi connectivity index (χ4v) is 5.71. The number of aliphatic hydroxyl groups excluding tert-OH is 5. The first-order valence-corrected chi connectivity index (χ1v) is 15.9. The van der Waals surface area contributed by atoms with Crippen molar-refractivity contribution < 1.29 is 84.3 Å². The van der Waals surface area contributed by atoms with E-state index in [4.69, 9.17) is 28.4 Å². The summed E-state index contributed by atoms with van der Waals surface area (Å²) in [5.41, 5.74) is 0.799. The number of carbonyl (C=O) groups excluding carboxylic acids is 1. The molecule has 52 heavy (non-hydrogen) atoms. The first kappa shape index (κ1) is 36.7. The number of phenols is 5. The quantitative estimate of drug-likeness (QED) is 0.0802. The number of esters is 1. The van der Waals surface area contributed by atoms with Crippen molar-refractivity contribution >= 4 is 18.1 Å². The van der Waals surface area contributed by atoms with Crippen molar-refractivity contribution in [2.24, 2.45) is 0 Å². The second-order valence-electron chi connectivity index (χ2n) is 12.2.